The molecular formula is C12H15NO7S. The molecule has 0 saturated carbocycles. The van der Waals surface area contributed by atoms with E-state index in [0.29, 0.717) is 0 Å². The molecule has 1 aromatic carbocycles. The Balaban J connectivity index is 2.36. The summed E-state index contributed by atoms with van der Waals surface area (Å²) in [5, 5.41) is 10.8. The minimum Gasteiger partial charge on any atom is -0.348 e. The zero-order valence-electron chi connectivity index (χ0n) is 11.5. The quantitative estimate of drug-likeness (QED) is 0.508. The van der Waals surface area contributed by atoms with Crippen LogP contribution < -0.4 is 0 Å². The van der Waals surface area contributed by atoms with Gasteiger partial charge in [0.2, 0.25) is 0 Å². The Kier molecular flexibility index (Phi) is 4.02. The van der Waals surface area contributed by atoms with Crippen LogP contribution in [-0.2, 0) is 26.0 Å². The van der Waals surface area contributed by atoms with Gasteiger partial charge in [-0.25, -0.2) is 0 Å². The minimum atomic E-state index is -4.47. The molecule has 0 aliphatic carbocycles. The Morgan fingerprint density at radius 2 is 2.14 bits per heavy atom. The Morgan fingerprint density at radius 3 is 2.62 bits per heavy atom. The molecule has 0 amide bonds. The fourth-order valence-electron chi connectivity index (χ4n) is 2.20. The maximum atomic E-state index is 11.3. The molecular weight excluding hydrogens is 302 g/mol. The third kappa shape index (κ3) is 3.76. The van der Waals surface area contributed by atoms with E-state index in [1.54, 1.807) is 13.8 Å². The van der Waals surface area contributed by atoms with Crippen LogP contribution in [0.1, 0.15) is 19.4 Å². The zero-order valence-corrected chi connectivity index (χ0v) is 12.3. The summed E-state index contributed by atoms with van der Waals surface area (Å²) in [4.78, 5) is 9.80. The molecule has 21 heavy (non-hydrogen) atoms. The second-order valence-corrected chi connectivity index (χ2v) is 6.57. The van der Waals surface area contributed by atoms with Crippen LogP contribution in [-0.4, -0.2) is 36.4 Å². The molecule has 1 aliphatic rings. The number of benzene rings is 1. The van der Waals surface area contributed by atoms with Crippen molar-refractivity contribution >= 4 is 15.8 Å². The summed E-state index contributed by atoms with van der Waals surface area (Å²) in [7, 11) is -4.47. The van der Waals surface area contributed by atoms with Gasteiger partial charge >= 0.3 is 0 Å². The average molecular weight is 317 g/mol. The molecule has 1 aliphatic heterocycles. The van der Waals surface area contributed by atoms with Crippen molar-refractivity contribution < 1.29 is 27.4 Å². The lowest BCUT2D eigenvalue weighted by Crippen LogP contribution is -2.23. The summed E-state index contributed by atoms with van der Waals surface area (Å²) >= 11 is 0. The molecule has 0 spiro atoms. The summed E-state index contributed by atoms with van der Waals surface area (Å²) in [6.07, 6.45) is -0.359. The highest BCUT2D eigenvalue weighted by Crippen LogP contribution is 2.28. The van der Waals surface area contributed by atoms with Crippen LogP contribution in [0.25, 0.3) is 0 Å². The van der Waals surface area contributed by atoms with Crippen molar-refractivity contribution in [1.82, 2.24) is 0 Å². The molecule has 0 radical (unpaired) electrons. The summed E-state index contributed by atoms with van der Waals surface area (Å²) < 4.78 is 42.8. The van der Waals surface area contributed by atoms with Crippen molar-refractivity contribution in [3.05, 3.63) is 33.9 Å². The molecule has 0 unspecified atom stereocenters. The lowest BCUT2D eigenvalue weighted by atomic mass is 10.1. The Morgan fingerprint density at radius 1 is 1.48 bits per heavy atom. The monoisotopic (exact) mass is 317 g/mol. The van der Waals surface area contributed by atoms with E-state index in [4.69, 9.17) is 9.47 Å². The van der Waals surface area contributed by atoms with E-state index in [0.717, 1.165) is 18.2 Å². The van der Waals surface area contributed by atoms with Gasteiger partial charge in [-0.1, -0.05) is 0 Å². The number of rotatable bonds is 4. The van der Waals surface area contributed by atoms with Gasteiger partial charge in [0.15, 0.2) is 5.79 Å². The topological polar surface area (TPSA) is 116 Å². The van der Waals surface area contributed by atoms with E-state index in [2.05, 4.69) is 0 Å². The van der Waals surface area contributed by atoms with E-state index in [1.807, 2.05) is 0 Å². The van der Waals surface area contributed by atoms with Gasteiger partial charge in [0.25, 0.3) is 15.8 Å². The molecule has 9 heteroatoms. The molecule has 1 fully saturated rings. The van der Waals surface area contributed by atoms with Crippen LogP contribution in [0.4, 0.5) is 5.69 Å². The van der Waals surface area contributed by atoms with Crippen molar-refractivity contribution in [1.29, 1.82) is 0 Å². The Hall–Kier alpha value is -1.55. The van der Waals surface area contributed by atoms with Crippen LogP contribution in [0.15, 0.2) is 23.1 Å². The van der Waals surface area contributed by atoms with Gasteiger partial charge in [0.1, 0.15) is 0 Å². The van der Waals surface area contributed by atoms with Crippen LogP contribution in [0.5, 0.6) is 0 Å². The predicted molar refractivity (Wildman–Crippen MR) is 71.5 cm³/mol. The van der Waals surface area contributed by atoms with Crippen molar-refractivity contribution in [3.8, 4) is 0 Å². The van der Waals surface area contributed by atoms with Crippen molar-refractivity contribution in [2.75, 3.05) is 6.61 Å². The number of nitro benzene ring substituents is 1. The summed E-state index contributed by atoms with van der Waals surface area (Å²) in [5.41, 5.74) is -0.131. The van der Waals surface area contributed by atoms with Crippen LogP contribution >= 0.6 is 0 Å². The smallest absolute Gasteiger partial charge is 0.294 e. The lowest BCUT2D eigenvalue weighted by Gasteiger charge is -2.17. The van der Waals surface area contributed by atoms with E-state index < -0.39 is 26.9 Å². The highest BCUT2D eigenvalue weighted by Gasteiger charge is 2.34. The van der Waals surface area contributed by atoms with E-state index in [-0.39, 0.29) is 29.2 Å². The Bertz CT molecular complexity index is 668. The van der Waals surface area contributed by atoms with E-state index in [9.17, 15) is 23.1 Å². The second-order valence-electron chi connectivity index (χ2n) is 5.18. The minimum absolute atomic E-state index is 0.0836. The number of hydrogen-bond acceptors (Lipinski definition) is 6. The van der Waals surface area contributed by atoms with E-state index >= 15 is 0 Å². The summed E-state index contributed by atoms with van der Waals surface area (Å²) in [5.74, 6) is -0.788. The highest BCUT2D eigenvalue weighted by atomic mass is 32.2. The largest absolute Gasteiger partial charge is 0.348 e. The maximum Gasteiger partial charge on any atom is 0.294 e. The SMILES string of the molecule is CC1(C)OC[C@H](Cc2cc([N+](=O)[O-])ccc2S(=O)(=O)O)O1. The van der Waals surface area contributed by atoms with Crippen LogP contribution in [0.3, 0.4) is 0 Å². The first-order valence-corrected chi connectivity index (χ1v) is 7.59. The van der Waals surface area contributed by atoms with Crippen LogP contribution in [0.2, 0.25) is 0 Å². The first kappa shape index (κ1) is 15.8. The molecule has 1 saturated heterocycles. The van der Waals surface area contributed by atoms with Gasteiger partial charge in [-0.15, -0.1) is 0 Å². The first-order chi connectivity index (χ1) is 9.58. The lowest BCUT2D eigenvalue weighted by molar-refractivity contribution is -0.385. The van der Waals surface area contributed by atoms with Crippen molar-refractivity contribution in [3.63, 3.8) is 0 Å². The number of nitrogens with zero attached hydrogens (tertiary/aromatic N) is 1. The van der Waals surface area contributed by atoms with Crippen molar-refractivity contribution in [2.45, 2.75) is 37.1 Å². The van der Waals surface area contributed by atoms with Gasteiger partial charge in [0.05, 0.1) is 22.5 Å². The Labute approximate surface area is 121 Å². The number of nitro groups is 1. The number of hydrogen-bond donors (Lipinski definition) is 1. The third-order valence-corrected chi connectivity index (χ3v) is 4.00. The summed E-state index contributed by atoms with van der Waals surface area (Å²) in [6, 6.07) is 3.17. The molecule has 0 aromatic heterocycles. The van der Waals surface area contributed by atoms with Gasteiger partial charge in [0, 0.05) is 18.6 Å². The van der Waals surface area contributed by atoms with E-state index in [1.165, 1.54) is 0 Å². The molecule has 1 aromatic rings. The molecule has 1 N–H and O–H groups in total. The van der Waals surface area contributed by atoms with Gasteiger partial charge < -0.3 is 9.47 Å². The first-order valence-electron chi connectivity index (χ1n) is 6.15. The molecule has 116 valence electrons. The molecule has 2 rings (SSSR count). The van der Waals surface area contributed by atoms with Crippen molar-refractivity contribution in [2.24, 2.45) is 0 Å². The molecule has 8 nitrogen and oxygen atoms in total. The summed E-state index contributed by atoms with van der Waals surface area (Å²) in [6.45, 7) is 3.66. The zero-order chi connectivity index (χ0) is 15.8. The number of non-ortho nitro benzene ring substituents is 1. The fraction of sp³-hybridized carbons (Fsp3) is 0.500. The average Bonchev–Trinajstić information content (AvgIpc) is 2.67. The number of ether oxygens (including phenoxy) is 2. The normalized spacial score (nSPS) is 21.4. The van der Waals surface area contributed by atoms with Gasteiger partial charge in [-0.05, 0) is 25.5 Å². The fourth-order valence-corrected chi connectivity index (χ4v) is 2.91. The predicted octanol–water partition coefficient (Wildman–Crippen LogP) is 1.54. The second kappa shape index (κ2) is 5.34. The molecule has 0 bridgehead atoms. The van der Waals surface area contributed by atoms with Crippen LogP contribution in [0, 0.1) is 10.1 Å². The van der Waals surface area contributed by atoms with Gasteiger partial charge in [-0.2, -0.15) is 8.42 Å². The molecule has 1 heterocycles. The highest BCUT2D eigenvalue weighted by molar-refractivity contribution is 7.85. The maximum absolute atomic E-state index is 11.3. The molecule has 1 atom stereocenters. The third-order valence-electron chi connectivity index (χ3n) is 3.05. The van der Waals surface area contributed by atoms with Gasteiger partial charge in [-0.3, -0.25) is 14.7 Å². The standard InChI is InChI=1S/C12H15NO7S/c1-12(2)19-7-10(20-12)6-8-5-9(13(14)15)3-4-11(8)21(16,17)18/h3-5,10H,6-7H2,1-2H3,(H,16,17,18)/t10-/m0/s1.